The highest BCUT2D eigenvalue weighted by molar-refractivity contribution is 5.12. The summed E-state index contributed by atoms with van der Waals surface area (Å²) in [5, 5.41) is 8.78. The van der Waals surface area contributed by atoms with E-state index in [9.17, 15) is 0 Å². The Morgan fingerprint density at radius 3 is 3.00 bits per heavy atom. The van der Waals surface area contributed by atoms with Crippen molar-refractivity contribution < 1.29 is 5.11 Å². The lowest BCUT2D eigenvalue weighted by Crippen LogP contribution is -1.91. The van der Waals surface area contributed by atoms with Crippen LogP contribution in [0.3, 0.4) is 0 Å². The molecule has 0 amide bonds. The van der Waals surface area contributed by atoms with E-state index in [1.54, 1.807) is 5.57 Å². The quantitative estimate of drug-likeness (QED) is 0.639. The van der Waals surface area contributed by atoms with E-state index in [4.69, 9.17) is 5.11 Å². The number of allylic oxidation sites excluding steroid dienone is 3. The van der Waals surface area contributed by atoms with Crippen LogP contribution in [0.2, 0.25) is 0 Å². The lowest BCUT2D eigenvalue weighted by atomic mass is 9.96. The molecular weight excluding hydrogens is 148 g/mol. The standard InChI is InChI=1S/C11H18O/c1-10(9-12)7-8-11-5-3-2-4-6-11/h5,7,12H,2-4,6,8-9H2,1H3. The summed E-state index contributed by atoms with van der Waals surface area (Å²) >= 11 is 0. The van der Waals surface area contributed by atoms with Crippen LogP contribution in [-0.2, 0) is 0 Å². The van der Waals surface area contributed by atoms with Gasteiger partial charge in [0.05, 0.1) is 6.61 Å². The smallest absolute Gasteiger partial charge is 0.0639 e. The molecular formula is C11H18O. The molecule has 0 aromatic carbocycles. The second kappa shape index (κ2) is 5.15. The van der Waals surface area contributed by atoms with Gasteiger partial charge in [-0.05, 0) is 39.0 Å². The minimum Gasteiger partial charge on any atom is -0.392 e. The predicted octanol–water partition coefficient (Wildman–Crippen LogP) is 2.82. The summed E-state index contributed by atoms with van der Waals surface area (Å²) in [6.07, 6.45) is 10.7. The summed E-state index contributed by atoms with van der Waals surface area (Å²) in [4.78, 5) is 0. The first-order valence-corrected chi connectivity index (χ1v) is 4.77. The van der Waals surface area contributed by atoms with E-state index >= 15 is 0 Å². The van der Waals surface area contributed by atoms with Crippen molar-refractivity contribution in [1.29, 1.82) is 0 Å². The highest BCUT2D eigenvalue weighted by Crippen LogP contribution is 2.20. The van der Waals surface area contributed by atoms with Crippen molar-refractivity contribution >= 4 is 0 Å². The van der Waals surface area contributed by atoms with E-state index < -0.39 is 0 Å². The molecule has 1 heteroatoms. The number of aliphatic hydroxyl groups excluding tert-OH is 1. The second-order valence-corrected chi connectivity index (χ2v) is 3.52. The van der Waals surface area contributed by atoms with Crippen LogP contribution in [0.5, 0.6) is 0 Å². The summed E-state index contributed by atoms with van der Waals surface area (Å²) in [5.74, 6) is 0. The van der Waals surface area contributed by atoms with E-state index in [-0.39, 0.29) is 6.61 Å². The van der Waals surface area contributed by atoms with Crippen molar-refractivity contribution in [2.45, 2.75) is 39.0 Å². The van der Waals surface area contributed by atoms with Crippen LogP contribution < -0.4 is 0 Å². The highest BCUT2D eigenvalue weighted by Gasteiger charge is 2.01. The Kier molecular flexibility index (Phi) is 4.09. The molecule has 0 saturated carbocycles. The average Bonchev–Trinajstić information content (AvgIpc) is 2.16. The van der Waals surface area contributed by atoms with Crippen LogP contribution in [0, 0.1) is 0 Å². The molecule has 0 spiro atoms. The topological polar surface area (TPSA) is 20.2 Å². The van der Waals surface area contributed by atoms with Crippen molar-refractivity contribution in [2.24, 2.45) is 0 Å². The first-order valence-electron chi connectivity index (χ1n) is 4.77. The van der Waals surface area contributed by atoms with Gasteiger partial charge < -0.3 is 5.11 Å². The molecule has 1 nitrogen and oxygen atoms in total. The Morgan fingerprint density at radius 1 is 1.58 bits per heavy atom. The molecule has 0 aromatic rings. The summed E-state index contributed by atoms with van der Waals surface area (Å²) in [5.41, 5.74) is 2.63. The zero-order valence-electron chi connectivity index (χ0n) is 7.84. The Hall–Kier alpha value is -0.560. The van der Waals surface area contributed by atoms with Crippen LogP contribution >= 0.6 is 0 Å². The SMILES string of the molecule is CC(=CCC1=CCCCC1)CO. The molecule has 0 heterocycles. The fraction of sp³-hybridized carbons (Fsp3) is 0.636. The molecule has 0 atom stereocenters. The molecule has 0 aliphatic heterocycles. The molecule has 1 rings (SSSR count). The fourth-order valence-electron chi connectivity index (χ4n) is 1.46. The molecule has 0 radical (unpaired) electrons. The minimum absolute atomic E-state index is 0.202. The first kappa shape index (κ1) is 9.53. The largest absolute Gasteiger partial charge is 0.392 e. The van der Waals surface area contributed by atoms with Gasteiger partial charge in [-0.3, -0.25) is 0 Å². The van der Waals surface area contributed by atoms with E-state index in [0.717, 1.165) is 12.0 Å². The van der Waals surface area contributed by atoms with Gasteiger partial charge in [-0.15, -0.1) is 0 Å². The van der Waals surface area contributed by atoms with Crippen LogP contribution in [0.25, 0.3) is 0 Å². The van der Waals surface area contributed by atoms with Gasteiger partial charge >= 0.3 is 0 Å². The van der Waals surface area contributed by atoms with Crippen molar-refractivity contribution in [2.75, 3.05) is 6.61 Å². The van der Waals surface area contributed by atoms with Crippen molar-refractivity contribution in [3.05, 3.63) is 23.3 Å². The monoisotopic (exact) mass is 166 g/mol. The van der Waals surface area contributed by atoms with Crippen LogP contribution in [0.1, 0.15) is 39.0 Å². The molecule has 0 bridgehead atoms. The molecule has 0 unspecified atom stereocenters. The van der Waals surface area contributed by atoms with Crippen LogP contribution in [0.4, 0.5) is 0 Å². The maximum absolute atomic E-state index is 8.78. The Balaban J connectivity index is 2.35. The lowest BCUT2D eigenvalue weighted by Gasteiger charge is -2.10. The maximum Gasteiger partial charge on any atom is 0.0639 e. The molecule has 0 aromatic heterocycles. The number of aliphatic hydroxyl groups is 1. The number of hydrogen-bond acceptors (Lipinski definition) is 1. The zero-order chi connectivity index (χ0) is 8.81. The third-order valence-electron chi connectivity index (χ3n) is 2.35. The molecule has 1 N–H and O–H groups in total. The summed E-state index contributed by atoms with van der Waals surface area (Å²) in [7, 11) is 0. The van der Waals surface area contributed by atoms with Crippen LogP contribution in [0.15, 0.2) is 23.3 Å². The second-order valence-electron chi connectivity index (χ2n) is 3.52. The summed E-state index contributed by atoms with van der Waals surface area (Å²) < 4.78 is 0. The van der Waals surface area contributed by atoms with E-state index in [2.05, 4.69) is 12.2 Å². The van der Waals surface area contributed by atoms with Crippen LogP contribution in [-0.4, -0.2) is 11.7 Å². The average molecular weight is 166 g/mol. The zero-order valence-corrected chi connectivity index (χ0v) is 7.84. The van der Waals surface area contributed by atoms with Gasteiger partial charge in [0.1, 0.15) is 0 Å². The molecule has 0 fully saturated rings. The van der Waals surface area contributed by atoms with E-state index in [1.165, 1.54) is 25.7 Å². The lowest BCUT2D eigenvalue weighted by molar-refractivity contribution is 0.331. The molecule has 0 saturated heterocycles. The summed E-state index contributed by atoms with van der Waals surface area (Å²) in [6.45, 7) is 2.18. The van der Waals surface area contributed by atoms with Gasteiger partial charge in [0.15, 0.2) is 0 Å². The number of hydrogen-bond donors (Lipinski definition) is 1. The normalized spacial score (nSPS) is 19.2. The molecule has 1 aliphatic carbocycles. The van der Waals surface area contributed by atoms with Gasteiger partial charge in [0.2, 0.25) is 0 Å². The third kappa shape index (κ3) is 3.22. The van der Waals surface area contributed by atoms with Crippen molar-refractivity contribution in [3.63, 3.8) is 0 Å². The van der Waals surface area contributed by atoms with Gasteiger partial charge in [-0.25, -0.2) is 0 Å². The molecule has 1 aliphatic rings. The van der Waals surface area contributed by atoms with E-state index in [0.29, 0.717) is 0 Å². The van der Waals surface area contributed by atoms with Crippen molar-refractivity contribution in [3.8, 4) is 0 Å². The Bertz CT molecular complexity index is 189. The highest BCUT2D eigenvalue weighted by atomic mass is 16.3. The Morgan fingerprint density at radius 2 is 2.42 bits per heavy atom. The Labute approximate surface area is 74.8 Å². The molecule has 12 heavy (non-hydrogen) atoms. The van der Waals surface area contributed by atoms with Gasteiger partial charge in [0.25, 0.3) is 0 Å². The van der Waals surface area contributed by atoms with E-state index in [1.807, 2.05) is 6.92 Å². The van der Waals surface area contributed by atoms with Gasteiger partial charge in [-0.1, -0.05) is 23.3 Å². The third-order valence-corrected chi connectivity index (χ3v) is 2.35. The first-order chi connectivity index (χ1) is 5.83. The summed E-state index contributed by atoms with van der Waals surface area (Å²) in [6, 6.07) is 0. The molecule has 68 valence electrons. The minimum atomic E-state index is 0.202. The number of rotatable bonds is 3. The van der Waals surface area contributed by atoms with Gasteiger partial charge in [0, 0.05) is 0 Å². The maximum atomic E-state index is 8.78. The fourth-order valence-corrected chi connectivity index (χ4v) is 1.46. The van der Waals surface area contributed by atoms with Gasteiger partial charge in [-0.2, -0.15) is 0 Å². The van der Waals surface area contributed by atoms with Crippen molar-refractivity contribution in [1.82, 2.24) is 0 Å². The predicted molar refractivity (Wildman–Crippen MR) is 52.0 cm³/mol.